The summed E-state index contributed by atoms with van der Waals surface area (Å²) in [7, 11) is 0. The maximum atomic E-state index is 13.4. The zero-order valence-electron chi connectivity index (χ0n) is 20.5. The topological polar surface area (TPSA) is 121 Å². The van der Waals surface area contributed by atoms with Crippen LogP contribution in [0.1, 0.15) is 61.2 Å². The molecule has 0 saturated heterocycles. The Labute approximate surface area is 207 Å². The summed E-state index contributed by atoms with van der Waals surface area (Å²) in [5.74, 6) is -1.32. The smallest absolute Gasteiger partial charge is 0.305 e. The molecular weight excluding hydrogens is 466 g/mol. The number of carboxylic acids is 1. The molecule has 186 valence electrons. The monoisotopic (exact) mass is 497 g/mol. The predicted octanol–water partition coefficient (Wildman–Crippen LogP) is 4.11. The van der Waals surface area contributed by atoms with Crippen LogP contribution in [-0.4, -0.2) is 26.5 Å². The minimum Gasteiger partial charge on any atom is -0.481 e. The second-order valence-corrected chi connectivity index (χ2v) is 10.2. The van der Waals surface area contributed by atoms with E-state index >= 15 is 0 Å². The second kappa shape index (κ2) is 10.9. The van der Waals surface area contributed by atoms with Gasteiger partial charge in [-0.05, 0) is 67.3 Å². The molecular formula is C26H31N3O5S. The number of rotatable bonds is 9. The first kappa shape index (κ1) is 26.2. The average Bonchev–Trinajstić information content (AvgIpc) is 3.20. The van der Waals surface area contributed by atoms with Gasteiger partial charge in [0.15, 0.2) is 0 Å². The summed E-state index contributed by atoms with van der Waals surface area (Å²) in [6, 6.07) is 5.09. The molecule has 0 radical (unpaired) electrons. The highest BCUT2D eigenvalue weighted by atomic mass is 32.1. The molecule has 1 amide bonds. The lowest BCUT2D eigenvalue weighted by atomic mass is 10.00. The van der Waals surface area contributed by atoms with Crippen LogP contribution in [-0.2, 0) is 9.59 Å². The highest BCUT2D eigenvalue weighted by molar-refractivity contribution is 7.13. The van der Waals surface area contributed by atoms with Crippen LogP contribution in [0.25, 0.3) is 10.4 Å². The van der Waals surface area contributed by atoms with E-state index in [0.29, 0.717) is 12.0 Å². The molecule has 0 aliphatic heterocycles. The number of nitrogens with zero attached hydrogens (tertiary/aromatic N) is 1. The van der Waals surface area contributed by atoms with E-state index in [9.17, 15) is 24.3 Å². The van der Waals surface area contributed by atoms with Crippen LogP contribution in [0, 0.1) is 26.7 Å². The van der Waals surface area contributed by atoms with Crippen LogP contribution < -0.4 is 16.4 Å². The summed E-state index contributed by atoms with van der Waals surface area (Å²) < 4.78 is 1.41. The Morgan fingerprint density at radius 1 is 1.14 bits per heavy atom. The number of thiophene rings is 1. The molecule has 3 rings (SSSR count). The van der Waals surface area contributed by atoms with E-state index in [0.717, 1.165) is 27.3 Å². The molecule has 0 aromatic carbocycles. The molecule has 3 aromatic heterocycles. The van der Waals surface area contributed by atoms with Crippen LogP contribution in [0.4, 0.5) is 0 Å². The van der Waals surface area contributed by atoms with Crippen molar-refractivity contribution >= 4 is 23.2 Å². The Kier molecular flexibility index (Phi) is 8.11. The van der Waals surface area contributed by atoms with Crippen molar-refractivity contribution in [2.24, 2.45) is 5.92 Å². The largest absolute Gasteiger partial charge is 0.481 e. The van der Waals surface area contributed by atoms with Gasteiger partial charge in [-0.3, -0.25) is 19.2 Å². The number of carbonyl (C=O) groups excluding carboxylic acids is 1. The molecule has 35 heavy (non-hydrogen) atoms. The van der Waals surface area contributed by atoms with Crippen molar-refractivity contribution in [3.8, 4) is 10.4 Å². The van der Waals surface area contributed by atoms with E-state index in [-0.39, 0.29) is 23.5 Å². The SMILES string of the molecule is Cc1ccn([C@@H](CC(C)C)C(=O)N[C@H](CC(=O)O)c2csc(-c3c(C)cc(=O)[nH]c3C)c2)c(=O)c1. The fourth-order valence-electron chi connectivity index (χ4n) is 4.23. The highest BCUT2D eigenvalue weighted by Crippen LogP contribution is 2.34. The van der Waals surface area contributed by atoms with E-state index in [4.69, 9.17) is 0 Å². The van der Waals surface area contributed by atoms with Gasteiger partial charge in [0.05, 0.1) is 12.5 Å². The minimum atomic E-state index is -1.05. The number of amides is 1. The standard InChI is InChI=1S/C26H31N3O5S/c1-14(2)8-20(29-7-6-15(3)9-23(29)31)26(34)28-19(12-24(32)33)18-11-21(35-13-18)25-16(4)10-22(30)27-17(25)5/h6-7,9-11,13-14,19-20H,8,12H2,1-5H3,(H,27,30)(H,28,34)(H,32,33)/t19-,20+/m1/s1. The number of aromatic nitrogens is 2. The molecule has 3 N–H and O–H groups in total. The van der Waals surface area contributed by atoms with Gasteiger partial charge in [0.1, 0.15) is 6.04 Å². The molecule has 0 fully saturated rings. The Balaban J connectivity index is 1.95. The third kappa shape index (κ3) is 6.36. The van der Waals surface area contributed by atoms with Crippen molar-refractivity contribution in [1.29, 1.82) is 0 Å². The van der Waals surface area contributed by atoms with Crippen molar-refractivity contribution < 1.29 is 14.7 Å². The predicted molar refractivity (Wildman–Crippen MR) is 137 cm³/mol. The van der Waals surface area contributed by atoms with Crippen molar-refractivity contribution in [1.82, 2.24) is 14.9 Å². The molecule has 0 unspecified atom stereocenters. The lowest BCUT2D eigenvalue weighted by Crippen LogP contribution is -2.40. The third-order valence-electron chi connectivity index (χ3n) is 5.83. The van der Waals surface area contributed by atoms with E-state index in [2.05, 4.69) is 10.3 Å². The molecule has 0 spiro atoms. The van der Waals surface area contributed by atoms with Gasteiger partial charge in [-0.25, -0.2) is 0 Å². The normalized spacial score (nSPS) is 13.0. The molecule has 8 nitrogen and oxygen atoms in total. The molecule has 0 saturated carbocycles. The molecule has 9 heteroatoms. The van der Waals surface area contributed by atoms with Gasteiger partial charge < -0.3 is 20.0 Å². The Bertz CT molecular complexity index is 1330. The van der Waals surface area contributed by atoms with Crippen LogP contribution in [0.5, 0.6) is 0 Å². The van der Waals surface area contributed by atoms with Crippen molar-refractivity contribution in [2.45, 2.75) is 59.5 Å². The number of H-pyrrole nitrogens is 1. The van der Waals surface area contributed by atoms with Crippen LogP contribution in [0.3, 0.4) is 0 Å². The second-order valence-electron chi connectivity index (χ2n) is 9.31. The summed E-state index contributed by atoms with van der Waals surface area (Å²) in [5, 5.41) is 14.2. The molecule has 0 bridgehead atoms. The summed E-state index contributed by atoms with van der Waals surface area (Å²) in [5.41, 5.74) is 3.42. The van der Waals surface area contributed by atoms with E-state index in [1.165, 1.54) is 28.0 Å². The van der Waals surface area contributed by atoms with Gasteiger partial charge in [-0.2, -0.15) is 0 Å². The van der Waals surface area contributed by atoms with Crippen LogP contribution >= 0.6 is 11.3 Å². The van der Waals surface area contributed by atoms with Gasteiger partial charge in [-0.1, -0.05) is 13.8 Å². The molecule has 0 aliphatic carbocycles. The van der Waals surface area contributed by atoms with E-state index in [1.54, 1.807) is 12.3 Å². The fourth-order valence-corrected chi connectivity index (χ4v) is 5.36. The van der Waals surface area contributed by atoms with E-state index < -0.39 is 24.0 Å². The number of nitrogens with one attached hydrogen (secondary N) is 2. The number of aromatic amines is 1. The van der Waals surface area contributed by atoms with Gasteiger partial charge in [0.2, 0.25) is 11.5 Å². The molecule has 2 atom stereocenters. The number of hydrogen-bond donors (Lipinski definition) is 3. The number of hydrogen-bond acceptors (Lipinski definition) is 5. The lowest BCUT2D eigenvalue weighted by Gasteiger charge is -2.24. The Hall–Kier alpha value is -3.46. The van der Waals surface area contributed by atoms with Gasteiger partial charge in [0, 0.05) is 34.5 Å². The van der Waals surface area contributed by atoms with Gasteiger partial charge >= 0.3 is 5.97 Å². The number of aliphatic carboxylic acids is 1. The maximum Gasteiger partial charge on any atom is 0.305 e. The lowest BCUT2D eigenvalue weighted by molar-refractivity contribution is -0.138. The summed E-state index contributed by atoms with van der Waals surface area (Å²) in [4.78, 5) is 53.1. The summed E-state index contributed by atoms with van der Waals surface area (Å²) in [6.07, 6.45) is 1.74. The quantitative estimate of drug-likeness (QED) is 0.411. The maximum absolute atomic E-state index is 13.4. The highest BCUT2D eigenvalue weighted by Gasteiger charge is 2.27. The molecule has 3 heterocycles. The number of aryl methyl sites for hydroxylation is 3. The number of carboxylic acid groups (broad SMARTS) is 1. The molecule has 0 aliphatic rings. The van der Waals surface area contributed by atoms with Crippen molar-refractivity contribution in [3.63, 3.8) is 0 Å². The Morgan fingerprint density at radius 2 is 1.86 bits per heavy atom. The van der Waals surface area contributed by atoms with Crippen LogP contribution in [0.15, 0.2) is 45.4 Å². The summed E-state index contributed by atoms with van der Waals surface area (Å²) >= 11 is 1.42. The number of pyridine rings is 2. The Morgan fingerprint density at radius 3 is 2.46 bits per heavy atom. The zero-order chi connectivity index (χ0) is 25.9. The van der Waals surface area contributed by atoms with Gasteiger partial charge in [-0.15, -0.1) is 11.3 Å². The van der Waals surface area contributed by atoms with E-state index in [1.807, 2.05) is 46.1 Å². The fraction of sp³-hybridized carbons (Fsp3) is 0.385. The summed E-state index contributed by atoms with van der Waals surface area (Å²) in [6.45, 7) is 9.41. The third-order valence-corrected chi connectivity index (χ3v) is 6.79. The number of carbonyl (C=O) groups is 2. The first-order valence-electron chi connectivity index (χ1n) is 11.5. The van der Waals surface area contributed by atoms with Crippen LogP contribution in [0.2, 0.25) is 0 Å². The average molecular weight is 498 g/mol. The van der Waals surface area contributed by atoms with Gasteiger partial charge in [0.25, 0.3) is 5.56 Å². The first-order valence-corrected chi connectivity index (χ1v) is 12.3. The minimum absolute atomic E-state index is 0.135. The van der Waals surface area contributed by atoms with Crippen molar-refractivity contribution in [2.75, 3.05) is 0 Å². The molecule has 3 aromatic rings. The first-order chi connectivity index (χ1) is 16.5. The zero-order valence-corrected chi connectivity index (χ0v) is 21.4. The van der Waals surface area contributed by atoms with Crippen molar-refractivity contribution in [3.05, 3.63) is 78.9 Å².